The Morgan fingerprint density at radius 1 is 1.09 bits per heavy atom. The van der Waals surface area contributed by atoms with Gasteiger partial charge in [-0.3, -0.25) is 4.18 Å². The van der Waals surface area contributed by atoms with Crippen LogP contribution in [0.4, 0.5) is 8.78 Å². The molecule has 4 nitrogen and oxygen atoms in total. The Balaban J connectivity index is 1.60. The van der Waals surface area contributed by atoms with Crippen LogP contribution < -0.4 is 0 Å². The third-order valence-corrected chi connectivity index (χ3v) is 6.02. The SMILES string of the molecule is O=S([O-])OC(COCC(F)F)CC12CC3CC(CC(C3)C1)C2. The molecule has 0 spiro atoms. The molecule has 4 saturated carbocycles. The van der Waals surface area contributed by atoms with Crippen LogP contribution in [-0.4, -0.2) is 34.5 Å². The first-order valence-electron chi connectivity index (χ1n) is 8.06. The summed E-state index contributed by atoms with van der Waals surface area (Å²) in [7, 11) is 0. The zero-order valence-corrected chi connectivity index (χ0v) is 13.4. The molecule has 0 aromatic rings. The molecule has 22 heavy (non-hydrogen) atoms. The van der Waals surface area contributed by atoms with E-state index < -0.39 is 30.5 Å². The summed E-state index contributed by atoms with van der Waals surface area (Å²) < 4.78 is 55.9. The summed E-state index contributed by atoms with van der Waals surface area (Å²) in [5.41, 5.74) is 0.132. The molecular formula is C15H23F2O4S-. The summed E-state index contributed by atoms with van der Waals surface area (Å²) in [4.78, 5) is 0. The average Bonchev–Trinajstić information content (AvgIpc) is 2.34. The molecule has 7 heteroatoms. The van der Waals surface area contributed by atoms with E-state index in [1.807, 2.05) is 0 Å². The molecule has 0 aliphatic heterocycles. The molecule has 0 amide bonds. The summed E-state index contributed by atoms with van der Waals surface area (Å²) in [6.07, 6.45) is 4.71. The van der Waals surface area contributed by atoms with Crippen LogP contribution in [0.25, 0.3) is 0 Å². The third-order valence-electron chi connectivity index (χ3n) is 5.59. The van der Waals surface area contributed by atoms with Gasteiger partial charge < -0.3 is 9.29 Å². The second-order valence-electron chi connectivity index (χ2n) is 7.47. The van der Waals surface area contributed by atoms with Gasteiger partial charge in [-0.25, -0.2) is 13.0 Å². The monoisotopic (exact) mass is 337 g/mol. The van der Waals surface area contributed by atoms with E-state index in [2.05, 4.69) is 0 Å². The molecule has 2 unspecified atom stereocenters. The van der Waals surface area contributed by atoms with Gasteiger partial charge in [-0.2, -0.15) is 0 Å². The fourth-order valence-electron chi connectivity index (χ4n) is 5.54. The van der Waals surface area contributed by atoms with E-state index in [1.54, 1.807) is 0 Å². The van der Waals surface area contributed by atoms with Crippen LogP contribution in [-0.2, 0) is 20.3 Å². The largest absolute Gasteiger partial charge is 0.750 e. The lowest BCUT2D eigenvalue weighted by Gasteiger charge is -2.57. The summed E-state index contributed by atoms with van der Waals surface area (Å²) in [5, 5.41) is 0. The van der Waals surface area contributed by atoms with Gasteiger partial charge in [-0.05, 0) is 68.1 Å². The first-order valence-corrected chi connectivity index (χ1v) is 9.06. The number of hydrogen-bond donors (Lipinski definition) is 0. The molecule has 0 saturated heterocycles. The van der Waals surface area contributed by atoms with E-state index in [4.69, 9.17) is 8.92 Å². The van der Waals surface area contributed by atoms with Gasteiger partial charge in [0.05, 0.1) is 24.1 Å². The highest BCUT2D eigenvalue weighted by Gasteiger charge is 2.51. The maximum Gasteiger partial charge on any atom is 0.261 e. The summed E-state index contributed by atoms with van der Waals surface area (Å²) >= 11 is -2.64. The zero-order chi connectivity index (χ0) is 15.7. The summed E-state index contributed by atoms with van der Waals surface area (Å²) in [6.45, 7) is -0.758. The number of hydrogen-bond acceptors (Lipinski definition) is 4. The van der Waals surface area contributed by atoms with Crippen LogP contribution in [0.2, 0.25) is 0 Å². The Kier molecular flexibility index (Phi) is 5.17. The van der Waals surface area contributed by atoms with Crippen molar-refractivity contribution < 1.29 is 26.5 Å². The van der Waals surface area contributed by atoms with Crippen molar-refractivity contribution >= 4 is 11.4 Å². The molecule has 4 bridgehead atoms. The molecule has 0 aromatic heterocycles. The fourth-order valence-corrected chi connectivity index (χ4v) is 5.89. The van der Waals surface area contributed by atoms with Gasteiger partial charge in [0.1, 0.15) is 6.61 Å². The van der Waals surface area contributed by atoms with Crippen LogP contribution in [0.1, 0.15) is 44.9 Å². The highest BCUT2D eigenvalue weighted by molar-refractivity contribution is 7.74. The Hall–Kier alpha value is -0.110. The lowest BCUT2D eigenvalue weighted by atomic mass is 9.48. The molecule has 0 N–H and O–H groups in total. The van der Waals surface area contributed by atoms with Crippen molar-refractivity contribution in [2.24, 2.45) is 23.2 Å². The maximum atomic E-state index is 12.2. The van der Waals surface area contributed by atoms with E-state index in [0.717, 1.165) is 37.0 Å². The van der Waals surface area contributed by atoms with E-state index in [1.165, 1.54) is 19.3 Å². The molecule has 4 aliphatic carbocycles. The quantitative estimate of drug-likeness (QED) is 0.639. The fraction of sp³-hybridized carbons (Fsp3) is 1.00. The van der Waals surface area contributed by atoms with Crippen molar-refractivity contribution in [1.82, 2.24) is 0 Å². The van der Waals surface area contributed by atoms with Crippen molar-refractivity contribution in [1.29, 1.82) is 0 Å². The number of halogens is 2. The summed E-state index contributed by atoms with van der Waals surface area (Å²) in [5.74, 6) is 2.27. The molecule has 2 atom stereocenters. The van der Waals surface area contributed by atoms with E-state index >= 15 is 0 Å². The van der Waals surface area contributed by atoms with Crippen molar-refractivity contribution in [2.45, 2.75) is 57.5 Å². The topological polar surface area (TPSA) is 58.6 Å². The standard InChI is InChI=1S/C15H24F2O4S/c16-14(17)9-20-8-13(21-22(18)19)7-15-4-10-1-11(5-15)3-12(2-10)6-15/h10-14H,1-9H2,(H,18,19)/p-1. The lowest BCUT2D eigenvalue weighted by molar-refractivity contribution is -0.0857. The second kappa shape index (κ2) is 6.79. The first-order chi connectivity index (χ1) is 10.4. The van der Waals surface area contributed by atoms with E-state index in [-0.39, 0.29) is 12.0 Å². The smallest absolute Gasteiger partial charge is 0.261 e. The summed E-state index contributed by atoms with van der Waals surface area (Å²) in [6, 6.07) is 0. The number of rotatable bonds is 8. The zero-order valence-electron chi connectivity index (χ0n) is 12.5. The normalized spacial score (nSPS) is 39.4. The molecule has 128 valence electrons. The van der Waals surface area contributed by atoms with Crippen LogP contribution >= 0.6 is 0 Å². The maximum absolute atomic E-state index is 12.2. The van der Waals surface area contributed by atoms with Crippen molar-refractivity contribution in [3.63, 3.8) is 0 Å². The molecule has 0 heterocycles. The predicted molar refractivity (Wildman–Crippen MR) is 75.8 cm³/mol. The minimum absolute atomic E-state index is 0.0833. The predicted octanol–water partition coefficient (Wildman–Crippen LogP) is 3.05. The lowest BCUT2D eigenvalue weighted by Crippen LogP contribution is -2.48. The van der Waals surface area contributed by atoms with E-state index in [9.17, 15) is 17.5 Å². The van der Waals surface area contributed by atoms with Crippen LogP contribution in [0.15, 0.2) is 0 Å². The van der Waals surface area contributed by atoms with E-state index in [0.29, 0.717) is 6.42 Å². The Labute approximate surface area is 132 Å². The van der Waals surface area contributed by atoms with Gasteiger partial charge in [0.2, 0.25) is 0 Å². The highest BCUT2D eigenvalue weighted by atomic mass is 32.2. The van der Waals surface area contributed by atoms with Crippen molar-refractivity contribution in [2.75, 3.05) is 13.2 Å². The average molecular weight is 337 g/mol. The number of alkyl halides is 2. The van der Waals surface area contributed by atoms with Gasteiger partial charge in [0.15, 0.2) is 0 Å². The van der Waals surface area contributed by atoms with Gasteiger partial charge >= 0.3 is 0 Å². The third kappa shape index (κ3) is 4.04. The minimum atomic E-state index is -2.64. The van der Waals surface area contributed by atoms with Gasteiger partial charge in [0.25, 0.3) is 6.43 Å². The van der Waals surface area contributed by atoms with Crippen LogP contribution in [0.3, 0.4) is 0 Å². The Bertz CT molecular complexity index is 383. The minimum Gasteiger partial charge on any atom is -0.750 e. The second-order valence-corrected chi connectivity index (χ2v) is 8.07. The molecular weight excluding hydrogens is 314 g/mol. The van der Waals surface area contributed by atoms with Crippen molar-refractivity contribution in [3.8, 4) is 0 Å². The molecule has 4 rings (SSSR count). The number of ether oxygens (including phenoxy) is 1. The highest BCUT2D eigenvalue weighted by Crippen LogP contribution is 2.61. The molecule has 4 fully saturated rings. The van der Waals surface area contributed by atoms with Gasteiger partial charge in [-0.15, -0.1) is 0 Å². The van der Waals surface area contributed by atoms with Crippen molar-refractivity contribution in [3.05, 3.63) is 0 Å². The molecule has 0 radical (unpaired) electrons. The first kappa shape index (κ1) is 16.7. The van der Waals surface area contributed by atoms with Gasteiger partial charge in [-0.1, -0.05) is 0 Å². The van der Waals surface area contributed by atoms with Crippen LogP contribution in [0, 0.1) is 23.2 Å². The van der Waals surface area contributed by atoms with Crippen LogP contribution in [0.5, 0.6) is 0 Å². The van der Waals surface area contributed by atoms with Gasteiger partial charge in [0, 0.05) is 0 Å². The Morgan fingerprint density at radius 2 is 1.64 bits per heavy atom. The Morgan fingerprint density at radius 3 is 2.09 bits per heavy atom. The molecule has 4 aliphatic rings. The molecule has 0 aromatic carbocycles.